The van der Waals surface area contributed by atoms with E-state index in [1.807, 2.05) is 6.08 Å². The van der Waals surface area contributed by atoms with Gasteiger partial charge in [0, 0.05) is 6.07 Å². The molecule has 0 aromatic carbocycles. The normalized spacial score (nSPS) is 23.3. The average molecular weight is 232 g/mol. The Labute approximate surface area is 97.9 Å². The molecule has 3 rings (SSSR count). The predicted octanol–water partition coefficient (Wildman–Crippen LogP) is 1.46. The van der Waals surface area contributed by atoms with Crippen molar-refractivity contribution in [3.05, 3.63) is 34.8 Å². The van der Waals surface area contributed by atoms with Crippen molar-refractivity contribution >= 4 is 12.1 Å². The van der Waals surface area contributed by atoms with Gasteiger partial charge in [0.25, 0.3) is 0 Å². The Morgan fingerprint density at radius 3 is 3.12 bits per heavy atom. The van der Waals surface area contributed by atoms with E-state index >= 15 is 0 Å². The quantitative estimate of drug-likeness (QED) is 0.544. The molecule has 0 spiro atoms. The maximum atomic E-state index is 12.3. The van der Waals surface area contributed by atoms with Crippen LogP contribution in [0.5, 0.6) is 5.88 Å². The summed E-state index contributed by atoms with van der Waals surface area (Å²) >= 11 is 0. The van der Waals surface area contributed by atoms with Crippen molar-refractivity contribution in [2.75, 3.05) is 0 Å². The van der Waals surface area contributed by atoms with Crippen LogP contribution in [0.2, 0.25) is 0 Å². The summed E-state index contributed by atoms with van der Waals surface area (Å²) in [7, 11) is 0. The smallest absolute Gasteiger partial charge is 0.247 e. The molecular formula is C12H12N2O3. The summed E-state index contributed by atoms with van der Waals surface area (Å²) in [6.45, 7) is 0. The molecule has 1 aliphatic carbocycles. The molecule has 0 amide bonds. The summed E-state index contributed by atoms with van der Waals surface area (Å²) in [6, 6.07) is 2.99. The Hall–Kier alpha value is -2.04. The van der Waals surface area contributed by atoms with E-state index in [2.05, 4.69) is 0 Å². The third-order valence-electron chi connectivity index (χ3n) is 3.32. The summed E-state index contributed by atoms with van der Waals surface area (Å²) in [5.74, 6) is -0.762. The molecule has 0 fully saturated rings. The van der Waals surface area contributed by atoms with Gasteiger partial charge in [-0.15, -0.1) is 0 Å². The third kappa shape index (κ3) is 1.39. The Balaban J connectivity index is 2.22. The number of allylic oxidation sites excluding steroid dienone is 2. The Kier molecular flexibility index (Phi) is 2.07. The van der Waals surface area contributed by atoms with Crippen LogP contribution in [0.25, 0.3) is 0 Å². The molecule has 2 heterocycles. The summed E-state index contributed by atoms with van der Waals surface area (Å²) in [5.41, 5.74) is 0.933. The van der Waals surface area contributed by atoms with Gasteiger partial charge in [-0.2, -0.15) is 4.74 Å². The van der Waals surface area contributed by atoms with E-state index in [1.165, 1.54) is 16.8 Å². The molecule has 1 atom stereocenters. The van der Waals surface area contributed by atoms with Crippen molar-refractivity contribution in [1.29, 1.82) is 0 Å². The number of carbonyl (C=O) groups is 1. The van der Waals surface area contributed by atoms with E-state index in [-0.39, 0.29) is 11.8 Å². The van der Waals surface area contributed by atoms with Crippen molar-refractivity contribution in [2.45, 2.75) is 19.3 Å². The summed E-state index contributed by atoms with van der Waals surface area (Å²) in [5, 5.41) is 21.6. The fourth-order valence-corrected chi connectivity index (χ4v) is 2.49. The second-order valence-electron chi connectivity index (χ2n) is 4.36. The van der Waals surface area contributed by atoms with Gasteiger partial charge < -0.3 is 10.3 Å². The first-order chi connectivity index (χ1) is 8.18. The number of fused-ring (bicyclic) bond motifs is 2. The second kappa shape index (κ2) is 3.48. The van der Waals surface area contributed by atoms with E-state index in [0.29, 0.717) is 17.8 Å². The molecule has 1 unspecified atom stereocenters. The maximum Gasteiger partial charge on any atom is 0.247 e. The van der Waals surface area contributed by atoms with Crippen LogP contribution in [-0.4, -0.2) is 26.5 Å². The number of aromatic nitrogens is 1. The minimum Gasteiger partial charge on any atom is -0.618 e. The standard InChI is InChI=1S/C12H12N2O3/c15-11-6-5-8-7-13(17)10-4-2-1-3-9(10)12(16)14(8)11/h4-7,9,15H,1-3H2. The molecule has 2 aliphatic rings. The lowest BCUT2D eigenvalue weighted by molar-refractivity contribution is -0.403. The van der Waals surface area contributed by atoms with Gasteiger partial charge in [-0.3, -0.25) is 4.79 Å². The predicted molar refractivity (Wildman–Crippen MR) is 60.9 cm³/mol. The van der Waals surface area contributed by atoms with Gasteiger partial charge in [0.2, 0.25) is 17.8 Å². The lowest BCUT2D eigenvalue weighted by Crippen LogP contribution is -2.26. The van der Waals surface area contributed by atoms with Gasteiger partial charge in [-0.25, -0.2) is 4.57 Å². The fourth-order valence-electron chi connectivity index (χ4n) is 2.49. The Morgan fingerprint density at radius 1 is 1.47 bits per heavy atom. The van der Waals surface area contributed by atoms with Gasteiger partial charge in [0.15, 0.2) is 5.88 Å². The number of nitrogens with zero attached hydrogens (tertiary/aromatic N) is 2. The molecule has 5 heteroatoms. The molecule has 17 heavy (non-hydrogen) atoms. The van der Waals surface area contributed by atoms with Crippen LogP contribution in [-0.2, 0) is 0 Å². The van der Waals surface area contributed by atoms with E-state index < -0.39 is 5.92 Å². The molecule has 0 saturated carbocycles. The van der Waals surface area contributed by atoms with Crippen molar-refractivity contribution in [3.63, 3.8) is 0 Å². The third-order valence-corrected chi connectivity index (χ3v) is 3.32. The maximum absolute atomic E-state index is 12.3. The molecule has 1 aliphatic heterocycles. The number of hydrogen-bond donors (Lipinski definition) is 1. The highest BCUT2D eigenvalue weighted by molar-refractivity contribution is 5.92. The van der Waals surface area contributed by atoms with Crippen molar-refractivity contribution in [1.82, 2.24) is 4.57 Å². The lowest BCUT2D eigenvalue weighted by Gasteiger charge is -2.19. The minimum atomic E-state index is -0.433. The van der Waals surface area contributed by atoms with Crippen molar-refractivity contribution in [3.8, 4) is 5.88 Å². The molecule has 1 aromatic heterocycles. The molecule has 5 nitrogen and oxygen atoms in total. The highest BCUT2D eigenvalue weighted by atomic mass is 16.5. The summed E-state index contributed by atoms with van der Waals surface area (Å²) in [6.07, 6.45) is 5.54. The number of hydroxylamine groups is 1. The van der Waals surface area contributed by atoms with Crippen LogP contribution in [0, 0.1) is 11.1 Å². The molecule has 1 aromatic rings. The number of carbonyl (C=O) groups excluding carboxylic acids is 1. The Morgan fingerprint density at radius 2 is 2.29 bits per heavy atom. The summed E-state index contributed by atoms with van der Waals surface area (Å²) < 4.78 is 1.96. The number of hydrogen-bond acceptors (Lipinski definition) is 3. The lowest BCUT2D eigenvalue weighted by atomic mass is 9.91. The van der Waals surface area contributed by atoms with Gasteiger partial charge in [0.05, 0.1) is 0 Å². The van der Waals surface area contributed by atoms with Crippen molar-refractivity contribution < 1.29 is 14.6 Å². The van der Waals surface area contributed by atoms with E-state index in [9.17, 15) is 15.1 Å². The molecule has 0 saturated heterocycles. The van der Waals surface area contributed by atoms with E-state index in [0.717, 1.165) is 17.6 Å². The highest BCUT2D eigenvalue weighted by Gasteiger charge is 2.36. The number of rotatable bonds is 0. The average Bonchev–Trinajstić information content (AvgIpc) is 2.64. The monoisotopic (exact) mass is 232 g/mol. The zero-order chi connectivity index (χ0) is 12.0. The van der Waals surface area contributed by atoms with Crippen LogP contribution in [0.3, 0.4) is 0 Å². The first-order valence-electron chi connectivity index (χ1n) is 5.64. The van der Waals surface area contributed by atoms with E-state index in [4.69, 9.17) is 0 Å². The highest BCUT2D eigenvalue weighted by Crippen LogP contribution is 2.31. The minimum absolute atomic E-state index is 0.110. The Bertz CT molecular complexity index is 554. The van der Waals surface area contributed by atoms with Crippen molar-refractivity contribution in [2.24, 2.45) is 5.92 Å². The second-order valence-corrected chi connectivity index (χ2v) is 4.36. The summed E-state index contributed by atoms with van der Waals surface area (Å²) in [4.78, 5) is 12.3. The molecule has 0 bridgehead atoms. The van der Waals surface area contributed by atoms with Gasteiger partial charge in [0.1, 0.15) is 11.6 Å². The first-order valence-corrected chi connectivity index (χ1v) is 5.64. The van der Waals surface area contributed by atoms with Gasteiger partial charge in [-0.05, 0) is 31.4 Å². The molecule has 1 N–H and O–H groups in total. The van der Waals surface area contributed by atoms with Crippen LogP contribution >= 0.6 is 0 Å². The van der Waals surface area contributed by atoms with Gasteiger partial charge >= 0.3 is 0 Å². The fraction of sp³-hybridized carbons (Fsp3) is 0.333. The molecule has 0 radical (unpaired) electrons. The van der Waals surface area contributed by atoms with Crippen LogP contribution in [0.1, 0.15) is 29.8 Å². The molecule has 88 valence electrons. The largest absolute Gasteiger partial charge is 0.618 e. The van der Waals surface area contributed by atoms with E-state index in [1.54, 1.807) is 6.07 Å². The van der Waals surface area contributed by atoms with Gasteiger partial charge in [-0.1, -0.05) is 0 Å². The molecular weight excluding hydrogens is 220 g/mol. The van der Waals surface area contributed by atoms with Crippen LogP contribution in [0.15, 0.2) is 23.9 Å². The van der Waals surface area contributed by atoms with Crippen LogP contribution in [0.4, 0.5) is 0 Å². The zero-order valence-electron chi connectivity index (χ0n) is 9.17. The number of aromatic hydroxyl groups is 1. The topological polar surface area (TPSA) is 68.3 Å². The first kappa shape index (κ1) is 10.1. The van der Waals surface area contributed by atoms with Crippen LogP contribution < -0.4 is 0 Å². The SMILES string of the molecule is O=C1C2CCCC=C2[N+]([O-])=Cc2ccc(O)n21. The zero-order valence-corrected chi connectivity index (χ0v) is 9.17.